The zero-order valence-corrected chi connectivity index (χ0v) is 13.9. The van der Waals surface area contributed by atoms with Gasteiger partial charge in [-0.3, -0.25) is 9.69 Å². The van der Waals surface area contributed by atoms with Gasteiger partial charge in [-0.2, -0.15) is 5.10 Å². The van der Waals surface area contributed by atoms with Crippen LogP contribution in [0.2, 0.25) is 0 Å². The molecule has 1 atom stereocenters. The van der Waals surface area contributed by atoms with Crippen LogP contribution in [0.15, 0.2) is 36.7 Å². The van der Waals surface area contributed by atoms with Crippen molar-refractivity contribution in [1.82, 2.24) is 19.6 Å². The topological polar surface area (TPSA) is 41.4 Å². The summed E-state index contributed by atoms with van der Waals surface area (Å²) in [6.45, 7) is 4.68. The smallest absolute Gasteiger partial charge is 0.239 e. The number of benzene rings is 1. The van der Waals surface area contributed by atoms with Gasteiger partial charge in [-0.25, -0.2) is 4.68 Å². The molecule has 118 valence electrons. The molecule has 0 bridgehead atoms. The normalized spacial score (nSPS) is 12.5. The number of aromatic nitrogens is 2. The minimum absolute atomic E-state index is 0.105. The van der Waals surface area contributed by atoms with Crippen molar-refractivity contribution < 1.29 is 4.79 Å². The third-order valence-corrected chi connectivity index (χ3v) is 3.79. The van der Waals surface area contributed by atoms with E-state index in [1.165, 1.54) is 5.56 Å². The molecule has 1 heterocycles. The number of hydrogen-bond acceptors (Lipinski definition) is 3. The molecule has 0 spiro atoms. The van der Waals surface area contributed by atoms with Crippen molar-refractivity contribution in [3.63, 3.8) is 0 Å². The van der Waals surface area contributed by atoms with E-state index in [9.17, 15) is 4.79 Å². The van der Waals surface area contributed by atoms with E-state index in [0.29, 0.717) is 6.54 Å². The second-order valence-electron chi connectivity index (χ2n) is 5.96. The third-order valence-electron chi connectivity index (χ3n) is 3.79. The maximum Gasteiger partial charge on any atom is 0.239 e. The largest absolute Gasteiger partial charge is 0.347 e. The first-order chi connectivity index (χ1) is 10.4. The van der Waals surface area contributed by atoms with Gasteiger partial charge in [0.2, 0.25) is 5.91 Å². The molecule has 22 heavy (non-hydrogen) atoms. The summed E-state index contributed by atoms with van der Waals surface area (Å²) in [5, 5.41) is 4.41. The summed E-state index contributed by atoms with van der Waals surface area (Å²) in [5.74, 6) is 0.105. The van der Waals surface area contributed by atoms with Gasteiger partial charge in [0.05, 0.1) is 17.9 Å². The highest BCUT2D eigenvalue weighted by atomic mass is 16.2. The Balaban J connectivity index is 2.07. The molecule has 1 aromatic carbocycles. The van der Waals surface area contributed by atoms with Gasteiger partial charge in [0.15, 0.2) is 0 Å². The second kappa shape index (κ2) is 6.75. The van der Waals surface area contributed by atoms with Crippen LogP contribution in [0.5, 0.6) is 0 Å². The maximum absolute atomic E-state index is 12.0. The van der Waals surface area contributed by atoms with Gasteiger partial charge in [-0.1, -0.05) is 12.1 Å². The molecule has 0 N–H and O–H groups in total. The molecule has 0 unspecified atom stereocenters. The van der Waals surface area contributed by atoms with Crippen LogP contribution < -0.4 is 0 Å². The van der Waals surface area contributed by atoms with E-state index in [1.807, 2.05) is 48.1 Å². The van der Waals surface area contributed by atoms with Gasteiger partial charge in [-0.15, -0.1) is 0 Å². The molecule has 2 aromatic rings. The predicted molar refractivity (Wildman–Crippen MR) is 87.9 cm³/mol. The van der Waals surface area contributed by atoms with Crippen LogP contribution in [0.1, 0.15) is 18.1 Å². The van der Waals surface area contributed by atoms with Crippen LogP contribution in [-0.2, 0) is 11.3 Å². The highest BCUT2D eigenvalue weighted by Crippen LogP contribution is 2.12. The van der Waals surface area contributed by atoms with Crippen molar-refractivity contribution in [3.8, 4) is 5.69 Å². The van der Waals surface area contributed by atoms with Crippen LogP contribution in [0.4, 0.5) is 0 Å². The van der Waals surface area contributed by atoms with Crippen LogP contribution in [0.25, 0.3) is 5.69 Å². The Labute approximate surface area is 132 Å². The highest BCUT2D eigenvalue weighted by Gasteiger charge is 2.20. The van der Waals surface area contributed by atoms with Gasteiger partial charge in [0.25, 0.3) is 0 Å². The Morgan fingerprint density at radius 3 is 2.68 bits per heavy atom. The number of nitrogens with zero attached hydrogens (tertiary/aromatic N) is 4. The summed E-state index contributed by atoms with van der Waals surface area (Å²) in [6.07, 6.45) is 3.86. The molecule has 0 saturated carbocycles. The van der Waals surface area contributed by atoms with E-state index >= 15 is 0 Å². The fraction of sp³-hybridized carbons (Fsp3) is 0.412. The van der Waals surface area contributed by atoms with E-state index in [1.54, 1.807) is 19.0 Å². The average Bonchev–Trinajstić information content (AvgIpc) is 2.94. The number of hydrogen-bond donors (Lipinski definition) is 0. The lowest BCUT2D eigenvalue weighted by Gasteiger charge is -2.25. The lowest BCUT2D eigenvalue weighted by Crippen LogP contribution is -2.42. The fourth-order valence-electron chi connectivity index (χ4n) is 2.34. The molecule has 5 heteroatoms. The van der Waals surface area contributed by atoms with E-state index in [0.717, 1.165) is 11.3 Å². The molecule has 0 fully saturated rings. The Bertz CT molecular complexity index is 648. The molecule has 0 saturated heterocycles. The molecular formula is C17H24N4O. The van der Waals surface area contributed by atoms with Crippen molar-refractivity contribution in [3.05, 3.63) is 47.8 Å². The molecular weight excluding hydrogens is 276 g/mol. The first kappa shape index (κ1) is 16.2. The standard InChI is InChI=1S/C17H24N4O/c1-13-7-6-8-16(9-13)21-12-15(10-18-21)11-20(5)14(2)17(22)19(3)4/h6-10,12,14H,11H2,1-5H3/t14-/m1/s1. The van der Waals surface area contributed by atoms with Gasteiger partial charge in [0.1, 0.15) is 0 Å². The molecule has 0 aliphatic carbocycles. The minimum Gasteiger partial charge on any atom is -0.347 e. The first-order valence-corrected chi connectivity index (χ1v) is 7.40. The SMILES string of the molecule is Cc1cccc(-n2cc(CN(C)[C@H](C)C(=O)N(C)C)cn2)c1. The fourth-order valence-corrected chi connectivity index (χ4v) is 2.34. The number of likely N-dealkylation sites (N-methyl/N-ethyl adjacent to an activating group) is 2. The lowest BCUT2D eigenvalue weighted by atomic mass is 10.2. The van der Waals surface area contributed by atoms with Crippen molar-refractivity contribution in [1.29, 1.82) is 0 Å². The summed E-state index contributed by atoms with van der Waals surface area (Å²) >= 11 is 0. The minimum atomic E-state index is -0.155. The molecule has 5 nitrogen and oxygen atoms in total. The van der Waals surface area contributed by atoms with Gasteiger partial charge >= 0.3 is 0 Å². The lowest BCUT2D eigenvalue weighted by molar-refractivity contribution is -0.133. The van der Waals surface area contributed by atoms with Crippen LogP contribution in [0.3, 0.4) is 0 Å². The number of rotatable bonds is 5. The van der Waals surface area contributed by atoms with Crippen LogP contribution in [0, 0.1) is 6.92 Å². The number of aryl methyl sites for hydroxylation is 1. The summed E-state index contributed by atoms with van der Waals surface area (Å²) in [6, 6.07) is 8.06. The second-order valence-corrected chi connectivity index (χ2v) is 5.96. The van der Waals surface area contributed by atoms with E-state index in [4.69, 9.17) is 0 Å². The molecule has 0 aliphatic rings. The Hall–Kier alpha value is -2.14. The average molecular weight is 300 g/mol. The zero-order chi connectivity index (χ0) is 16.3. The van der Waals surface area contributed by atoms with Gasteiger partial charge < -0.3 is 4.90 Å². The summed E-state index contributed by atoms with van der Waals surface area (Å²) < 4.78 is 1.87. The van der Waals surface area contributed by atoms with E-state index in [-0.39, 0.29) is 11.9 Å². The zero-order valence-electron chi connectivity index (χ0n) is 13.9. The summed E-state index contributed by atoms with van der Waals surface area (Å²) in [5.41, 5.74) is 3.34. The Morgan fingerprint density at radius 1 is 1.32 bits per heavy atom. The third kappa shape index (κ3) is 3.74. The van der Waals surface area contributed by atoms with Crippen molar-refractivity contribution >= 4 is 5.91 Å². The quantitative estimate of drug-likeness (QED) is 0.849. The van der Waals surface area contributed by atoms with Crippen LogP contribution >= 0.6 is 0 Å². The van der Waals surface area contributed by atoms with Crippen molar-refractivity contribution in [2.75, 3.05) is 21.1 Å². The Morgan fingerprint density at radius 2 is 2.05 bits per heavy atom. The van der Waals surface area contributed by atoms with Crippen LogP contribution in [-0.4, -0.2) is 52.7 Å². The van der Waals surface area contributed by atoms with E-state index < -0.39 is 0 Å². The number of carbonyl (C=O) groups is 1. The summed E-state index contributed by atoms with van der Waals surface area (Å²) in [4.78, 5) is 15.7. The van der Waals surface area contributed by atoms with Crippen molar-refractivity contribution in [2.45, 2.75) is 26.4 Å². The molecule has 2 rings (SSSR count). The maximum atomic E-state index is 12.0. The summed E-state index contributed by atoms with van der Waals surface area (Å²) in [7, 11) is 5.51. The first-order valence-electron chi connectivity index (χ1n) is 7.40. The van der Waals surface area contributed by atoms with Gasteiger partial charge in [0, 0.05) is 32.4 Å². The van der Waals surface area contributed by atoms with E-state index in [2.05, 4.69) is 24.2 Å². The predicted octanol–water partition coefficient (Wildman–Crippen LogP) is 2.09. The molecule has 0 aliphatic heterocycles. The molecule has 1 amide bonds. The van der Waals surface area contributed by atoms with Gasteiger partial charge in [-0.05, 0) is 38.6 Å². The Kier molecular flexibility index (Phi) is 4.98. The molecule has 1 aromatic heterocycles. The number of carbonyl (C=O) groups excluding carboxylic acids is 1. The highest BCUT2D eigenvalue weighted by molar-refractivity contribution is 5.80. The molecule has 0 radical (unpaired) electrons. The number of amides is 1. The monoisotopic (exact) mass is 300 g/mol. The van der Waals surface area contributed by atoms with Crippen molar-refractivity contribution in [2.24, 2.45) is 0 Å².